The van der Waals surface area contributed by atoms with Gasteiger partial charge in [0.05, 0.1) is 37.6 Å². The van der Waals surface area contributed by atoms with Gasteiger partial charge in [0.25, 0.3) is 5.56 Å². The largest absolute Gasteiger partial charge is 0.496 e. The van der Waals surface area contributed by atoms with Crippen LogP contribution in [0.5, 0.6) is 17.2 Å². The fourth-order valence-corrected chi connectivity index (χ4v) is 6.68. The third-order valence-corrected chi connectivity index (χ3v) is 8.55. The molecule has 0 N–H and O–H groups in total. The number of fused-ring (bicyclic) bond motifs is 3. The summed E-state index contributed by atoms with van der Waals surface area (Å²) in [5.74, 6) is 1.97. The molecule has 0 spiro atoms. The van der Waals surface area contributed by atoms with E-state index in [9.17, 15) is 4.79 Å². The van der Waals surface area contributed by atoms with Crippen molar-refractivity contribution in [1.29, 1.82) is 0 Å². The van der Waals surface area contributed by atoms with Crippen LogP contribution in [0.25, 0.3) is 11.8 Å². The number of benzene rings is 3. The van der Waals surface area contributed by atoms with Crippen molar-refractivity contribution >= 4 is 39.0 Å². The summed E-state index contributed by atoms with van der Waals surface area (Å²) in [6.45, 7) is 0. The summed E-state index contributed by atoms with van der Waals surface area (Å²) in [6.07, 6.45) is 3.60. The van der Waals surface area contributed by atoms with Gasteiger partial charge in [0.15, 0.2) is 16.3 Å². The third-order valence-electron chi connectivity index (χ3n) is 7.07. The van der Waals surface area contributed by atoms with Crippen molar-refractivity contribution in [2.75, 3.05) is 21.3 Å². The minimum atomic E-state index is -0.305. The molecule has 2 heterocycles. The second-order valence-corrected chi connectivity index (χ2v) is 11.0. The number of aryl methyl sites for hydroxylation is 1. The molecule has 2 aliphatic rings. The fourth-order valence-electron chi connectivity index (χ4n) is 5.30. The lowest BCUT2D eigenvalue weighted by atomic mass is 9.83. The zero-order valence-electron chi connectivity index (χ0n) is 21.2. The summed E-state index contributed by atoms with van der Waals surface area (Å²) >= 11 is 4.93. The molecule has 38 heavy (non-hydrogen) atoms. The average molecular weight is 590 g/mol. The SMILES string of the molecule is COc1ccc(Br)cc1C=c1sc2n(c1=O)C(c1ccc(OC)c(OC)c1)C1=C(N=2)c2ccccc2CC1. The molecule has 6 rings (SSSR count). The van der Waals surface area contributed by atoms with Crippen LogP contribution in [-0.2, 0) is 6.42 Å². The summed E-state index contributed by atoms with van der Waals surface area (Å²) in [6, 6.07) is 19.7. The van der Waals surface area contributed by atoms with E-state index in [-0.39, 0.29) is 11.6 Å². The Balaban J connectivity index is 1.63. The Bertz CT molecular complexity index is 1790. The number of ether oxygens (including phenoxy) is 3. The van der Waals surface area contributed by atoms with Crippen LogP contribution < -0.4 is 29.1 Å². The van der Waals surface area contributed by atoms with E-state index >= 15 is 0 Å². The maximum Gasteiger partial charge on any atom is 0.271 e. The fraction of sp³-hybridized carbons (Fsp3) is 0.200. The molecule has 1 aliphatic heterocycles. The molecule has 0 bridgehead atoms. The molecule has 192 valence electrons. The van der Waals surface area contributed by atoms with Crippen molar-refractivity contribution in [2.24, 2.45) is 4.99 Å². The molecule has 8 heteroatoms. The molecule has 0 amide bonds. The first-order valence-corrected chi connectivity index (χ1v) is 13.8. The van der Waals surface area contributed by atoms with E-state index in [1.54, 1.807) is 21.3 Å². The Kier molecular flexibility index (Phi) is 6.45. The molecule has 1 aromatic heterocycles. The first kappa shape index (κ1) is 24.7. The van der Waals surface area contributed by atoms with Gasteiger partial charge in [0.2, 0.25) is 0 Å². The third kappa shape index (κ3) is 4.08. The van der Waals surface area contributed by atoms with Crippen LogP contribution in [0, 0.1) is 0 Å². The Morgan fingerprint density at radius 2 is 1.71 bits per heavy atom. The van der Waals surface area contributed by atoms with Crippen molar-refractivity contribution in [3.8, 4) is 17.2 Å². The Morgan fingerprint density at radius 3 is 2.50 bits per heavy atom. The molecule has 1 unspecified atom stereocenters. The number of aromatic nitrogens is 1. The lowest BCUT2D eigenvalue weighted by Crippen LogP contribution is -2.38. The lowest BCUT2D eigenvalue weighted by Gasteiger charge is -2.31. The van der Waals surface area contributed by atoms with Gasteiger partial charge in [-0.3, -0.25) is 9.36 Å². The normalized spacial score (nSPS) is 16.3. The Labute approximate surface area is 232 Å². The first-order chi connectivity index (χ1) is 18.5. The highest BCUT2D eigenvalue weighted by atomic mass is 79.9. The minimum Gasteiger partial charge on any atom is -0.496 e. The topological polar surface area (TPSA) is 62.0 Å². The highest BCUT2D eigenvalue weighted by Crippen LogP contribution is 2.42. The Morgan fingerprint density at radius 1 is 0.947 bits per heavy atom. The van der Waals surface area contributed by atoms with Crippen molar-refractivity contribution in [3.63, 3.8) is 0 Å². The molecular formula is C30H25BrN2O4S. The van der Waals surface area contributed by atoms with E-state index < -0.39 is 0 Å². The molecule has 0 saturated carbocycles. The van der Waals surface area contributed by atoms with Gasteiger partial charge in [-0.2, -0.15) is 0 Å². The number of nitrogens with zero attached hydrogens (tertiary/aromatic N) is 2. The van der Waals surface area contributed by atoms with E-state index in [4.69, 9.17) is 19.2 Å². The van der Waals surface area contributed by atoms with Gasteiger partial charge in [0, 0.05) is 15.6 Å². The van der Waals surface area contributed by atoms with Gasteiger partial charge in [-0.15, -0.1) is 0 Å². The van der Waals surface area contributed by atoms with E-state index in [0.29, 0.717) is 26.6 Å². The smallest absolute Gasteiger partial charge is 0.271 e. The quantitative estimate of drug-likeness (QED) is 0.325. The number of thiazole rings is 1. The monoisotopic (exact) mass is 588 g/mol. The number of halogens is 1. The van der Waals surface area contributed by atoms with Gasteiger partial charge >= 0.3 is 0 Å². The second-order valence-electron chi connectivity index (χ2n) is 9.11. The standard InChI is InChI=1S/C30H25BrN2O4S/c1-35-23-13-10-20(31)14-19(23)16-26-29(34)33-28(18-9-12-24(36-2)25(15-18)37-3)22-11-8-17-6-4-5-7-21(17)27(22)32-30(33)38-26/h4-7,9-10,12-16,28H,8,11H2,1-3H3. The van der Waals surface area contributed by atoms with E-state index in [0.717, 1.165) is 45.3 Å². The predicted molar refractivity (Wildman–Crippen MR) is 153 cm³/mol. The predicted octanol–water partition coefficient (Wildman–Crippen LogP) is 5.11. The van der Waals surface area contributed by atoms with E-state index in [2.05, 4.69) is 34.1 Å². The number of hydrogen-bond donors (Lipinski definition) is 0. The number of hydrogen-bond acceptors (Lipinski definition) is 6. The Hall–Kier alpha value is -3.62. The summed E-state index contributed by atoms with van der Waals surface area (Å²) in [7, 11) is 4.88. The highest BCUT2D eigenvalue weighted by molar-refractivity contribution is 9.10. The zero-order valence-corrected chi connectivity index (χ0v) is 23.6. The van der Waals surface area contributed by atoms with Crippen molar-refractivity contribution in [1.82, 2.24) is 4.57 Å². The molecular weight excluding hydrogens is 564 g/mol. The van der Waals surface area contributed by atoms with Gasteiger partial charge in [-0.05, 0) is 65.9 Å². The van der Waals surface area contributed by atoms with E-state index in [1.165, 1.54) is 16.9 Å². The number of methoxy groups -OCH3 is 3. The molecule has 4 aromatic rings. The van der Waals surface area contributed by atoms with Gasteiger partial charge in [-0.25, -0.2) is 4.99 Å². The summed E-state index contributed by atoms with van der Waals surface area (Å²) in [5, 5.41) is 0. The molecule has 1 aliphatic carbocycles. The van der Waals surface area contributed by atoms with Crippen molar-refractivity contribution in [3.05, 3.63) is 113 Å². The maximum atomic E-state index is 14.0. The first-order valence-electron chi connectivity index (χ1n) is 12.2. The molecule has 3 aromatic carbocycles. The molecule has 0 saturated heterocycles. The van der Waals surface area contributed by atoms with Crippen molar-refractivity contribution < 1.29 is 14.2 Å². The molecule has 6 nitrogen and oxygen atoms in total. The number of allylic oxidation sites excluding steroid dienone is 1. The molecule has 1 atom stereocenters. The second kappa shape index (κ2) is 9.93. The van der Waals surface area contributed by atoms with Crippen LogP contribution in [0.3, 0.4) is 0 Å². The minimum absolute atomic E-state index is 0.0824. The van der Waals surface area contributed by atoms with Crippen LogP contribution >= 0.6 is 27.3 Å². The van der Waals surface area contributed by atoms with Crippen LogP contribution in [-0.4, -0.2) is 25.9 Å². The van der Waals surface area contributed by atoms with Crippen LogP contribution in [0.4, 0.5) is 0 Å². The highest BCUT2D eigenvalue weighted by Gasteiger charge is 2.33. The van der Waals surface area contributed by atoms with E-state index in [1.807, 2.05) is 53.1 Å². The van der Waals surface area contributed by atoms with Crippen LogP contribution in [0.15, 0.2) is 80.5 Å². The maximum absolute atomic E-state index is 14.0. The zero-order chi connectivity index (χ0) is 26.4. The molecule has 0 radical (unpaired) electrons. The van der Waals surface area contributed by atoms with Gasteiger partial charge in [-0.1, -0.05) is 57.6 Å². The van der Waals surface area contributed by atoms with Crippen LogP contribution in [0.1, 0.15) is 34.7 Å². The van der Waals surface area contributed by atoms with Gasteiger partial charge < -0.3 is 14.2 Å². The van der Waals surface area contributed by atoms with Crippen molar-refractivity contribution in [2.45, 2.75) is 18.9 Å². The summed E-state index contributed by atoms with van der Waals surface area (Å²) in [4.78, 5) is 19.8. The number of rotatable bonds is 5. The molecule has 0 fully saturated rings. The van der Waals surface area contributed by atoms with Crippen LogP contribution in [0.2, 0.25) is 0 Å². The van der Waals surface area contributed by atoms with Gasteiger partial charge in [0.1, 0.15) is 5.75 Å². The lowest BCUT2D eigenvalue weighted by molar-refractivity contribution is 0.354. The average Bonchev–Trinajstić information content (AvgIpc) is 3.25. The summed E-state index contributed by atoms with van der Waals surface area (Å²) < 4.78 is 20.0. The summed E-state index contributed by atoms with van der Waals surface area (Å²) in [5.41, 5.74) is 6.20.